The Morgan fingerprint density at radius 1 is 1.40 bits per heavy atom. The van der Waals surface area contributed by atoms with Gasteiger partial charge in [-0.3, -0.25) is 0 Å². The second-order valence-corrected chi connectivity index (χ2v) is 5.12. The predicted octanol–water partition coefficient (Wildman–Crippen LogP) is 1.91. The molecule has 2 aromatic heterocycles. The summed E-state index contributed by atoms with van der Waals surface area (Å²) in [5.41, 5.74) is 2.17. The van der Waals surface area contributed by atoms with Gasteiger partial charge in [-0.1, -0.05) is 6.07 Å². The largest absolute Gasteiger partial charge is 0.383 e. The highest BCUT2D eigenvalue weighted by Crippen LogP contribution is 2.23. The minimum Gasteiger partial charge on any atom is -0.383 e. The summed E-state index contributed by atoms with van der Waals surface area (Å²) in [5, 5.41) is 3.23. The Hall–Kier alpha value is -1.59. The lowest BCUT2D eigenvalue weighted by Gasteiger charge is -2.27. The number of nitrogens with one attached hydrogen (secondary N) is 1. The van der Waals surface area contributed by atoms with Crippen LogP contribution in [0.4, 0.5) is 5.82 Å². The van der Waals surface area contributed by atoms with Gasteiger partial charge >= 0.3 is 0 Å². The van der Waals surface area contributed by atoms with Crippen LogP contribution in [0.5, 0.6) is 0 Å². The van der Waals surface area contributed by atoms with Gasteiger partial charge in [0.25, 0.3) is 0 Å². The number of pyridine rings is 1. The molecule has 110 valence electrons. The number of hydrogen-bond acceptors (Lipinski definition) is 4. The lowest BCUT2D eigenvalue weighted by Crippen LogP contribution is -2.35. The lowest BCUT2D eigenvalue weighted by molar-refractivity contribution is 0.203. The molecule has 2 rings (SSSR count). The van der Waals surface area contributed by atoms with Gasteiger partial charge in [0, 0.05) is 32.4 Å². The van der Waals surface area contributed by atoms with Crippen molar-refractivity contribution < 1.29 is 4.74 Å². The molecule has 5 nitrogen and oxygen atoms in total. The summed E-state index contributed by atoms with van der Waals surface area (Å²) >= 11 is 0. The monoisotopic (exact) mass is 276 g/mol. The van der Waals surface area contributed by atoms with Crippen molar-refractivity contribution in [3.63, 3.8) is 0 Å². The molecular weight excluding hydrogens is 252 g/mol. The first kappa shape index (κ1) is 14.8. The second-order valence-electron chi connectivity index (χ2n) is 5.12. The van der Waals surface area contributed by atoms with Crippen molar-refractivity contribution >= 4 is 11.5 Å². The molecule has 0 aliphatic heterocycles. The molecule has 2 aromatic rings. The van der Waals surface area contributed by atoms with Crippen molar-refractivity contribution in [3.05, 3.63) is 30.1 Å². The Morgan fingerprint density at radius 3 is 2.85 bits per heavy atom. The van der Waals surface area contributed by atoms with Crippen LogP contribution in [0.1, 0.15) is 19.5 Å². The van der Waals surface area contributed by atoms with Gasteiger partial charge in [-0.25, -0.2) is 4.98 Å². The first-order valence-electron chi connectivity index (χ1n) is 7.05. The fourth-order valence-corrected chi connectivity index (χ4v) is 2.39. The summed E-state index contributed by atoms with van der Waals surface area (Å²) in [7, 11) is 3.69. The smallest absolute Gasteiger partial charge is 0.152 e. The summed E-state index contributed by atoms with van der Waals surface area (Å²) in [6.45, 7) is 6.70. The van der Waals surface area contributed by atoms with Crippen molar-refractivity contribution in [1.82, 2.24) is 14.7 Å². The zero-order chi connectivity index (χ0) is 14.5. The highest BCUT2D eigenvalue weighted by atomic mass is 16.5. The van der Waals surface area contributed by atoms with E-state index >= 15 is 0 Å². The van der Waals surface area contributed by atoms with Crippen molar-refractivity contribution in [2.24, 2.45) is 0 Å². The third-order valence-electron chi connectivity index (χ3n) is 3.38. The maximum Gasteiger partial charge on any atom is 0.152 e. The molecule has 0 radical (unpaired) electrons. The van der Waals surface area contributed by atoms with Crippen molar-refractivity contribution in [2.75, 3.05) is 32.2 Å². The molecule has 20 heavy (non-hydrogen) atoms. The summed E-state index contributed by atoms with van der Waals surface area (Å²) in [6.07, 6.45) is 2.06. The van der Waals surface area contributed by atoms with Crippen LogP contribution in [0.15, 0.2) is 24.4 Å². The van der Waals surface area contributed by atoms with Crippen LogP contribution in [-0.4, -0.2) is 42.7 Å². The van der Waals surface area contributed by atoms with Crippen LogP contribution >= 0.6 is 0 Å². The number of nitrogens with zero attached hydrogens (tertiary/aromatic N) is 3. The Kier molecular flexibility index (Phi) is 4.98. The molecule has 5 heteroatoms. The third kappa shape index (κ3) is 2.94. The van der Waals surface area contributed by atoms with Gasteiger partial charge in [0.1, 0.15) is 5.65 Å². The van der Waals surface area contributed by atoms with E-state index in [-0.39, 0.29) is 0 Å². The summed E-state index contributed by atoms with van der Waals surface area (Å²) < 4.78 is 7.37. The van der Waals surface area contributed by atoms with Gasteiger partial charge < -0.3 is 19.4 Å². The van der Waals surface area contributed by atoms with Crippen LogP contribution in [0.3, 0.4) is 0 Å². The standard InChI is InChI=1S/C15H24N4O/c1-12(2)18(9-10-20-4)15-13(11-16-3)19-8-6-5-7-14(19)17-15/h5-8,12,16H,9-11H2,1-4H3. The summed E-state index contributed by atoms with van der Waals surface area (Å²) in [5.74, 6) is 1.04. The van der Waals surface area contributed by atoms with E-state index < -0.39 is 0 Å². The van der Waals surface area contributed by atoms with E-state index in [0.29, 0.717) is 12.6 Å². The van der Waals surface area contributed by atoms with Crippen LogP contribution in [0.2, 0.25) is 0 Å². The number of aromatic nitrogens is 2. The average molecular weight is 276 g/mol. The highest BCUT2D eigenvalue weighted by molar-refractivity contribution is 5.56. The summed E-state index contributed by atoms with van der Waals surface area (Å²) in [6, 6.07) is 6.47. The second kappa shape index (κ2) is 6.72. The molecule has 0 bridgehead atoms. The van der Waals surface area contributed by atoms with Gasteiger partial charge in [0.15, 0.2) is 5.82 Å². The van der Waals surface area contributed by atoms with E-state index in [0.717, 1.165) is 24.6 Å². The highest BCUT2D eigenvalue weighted by Gasteiger charge is 2.19. The van der Waals surface area contributed by atoms with Crippen LogP contribution < -0.4 is 10.2 Å². The number of hydrogen-bond donors (Lipinski definition) is 1. The number of imidazole rings is 1. The zero-order valence-corrected chi connectivity index (χ0v) is 12.8. The molecule has 2 heterocycles. The molecule has 1 N–H and O–H groups in total. The van der Waals surface area contributed by atoms with E-state index in [1.807, 2.05) is 25.2 Å². The molecule has 0 unspecified atom stereocenters. The number of fused-ring (bicyclic) bond motifs is 1. The maximum absolute atomic E-state index is 5.23. The molecule has 0 aromatic carbocycles. The van der Waals surface area contributed by atoms with E-state index in [4.69, 9.17) is 9.72 Å². The van der Waals surface area contributed by atoms with Gasteiger partial charge in [-0.2, -0.15) is 0 Å². The fourth-order valence-electron chi connectivity index (χ4n) is 2.39. The molecule has 0 atom stereocenters. The SMILES string of the molecule is CNCc1c(N(CCOC)C(C)C)nc2ccccn12. The van der Waals surface area contributed by atoms with Crippen molar-refractivity contribution in [1.29, 1.82) is 0 Å². The Balaban J connectivity index is 2.46. The van der Waals surface area contributed by atoms with Gasteiger partial charge in [0.2, 0.25) is 0 Å². The van der Waals surface area contributed by atoms with Crippen LogP contribution in [0.25, 0.3) is 5.65 Å². The molecule has 0 aliphatic carbocycles. The fraction of sp³-hybridized carbons (Fsp3) is 0.533. The van der Waals surface area contributed by atoms with E-state index in [2.05, 4.69) is 34.7 Å². The van der Waals surface area contributed by atoms with Crippen LogP contribution in [0, 0.1) is 0 Å². The minimum atomic E-state index is 0.380. The predicted molar refractivity (Wildman–Crippen MR) is 82.3 cm³/mol. The van der Waals surface area contributed by atoms with E-state index in [9.17, 15) is 0 Å². The van der Waals surface area contributed by atoms with E-state index in [1.165, 1.54) is 5.69 Å². The average Bonchev–Trinajstić information content (AvgIpc) is 2.78. The van der Waals surface area contributed by atoms with Crippen LogP contribution in [-0.2, 0) is 11.3 Å². The topological polar surface area (TPSA) is 41.8 Å². The molecule has 0 fully saturated rings. The molecule has 0 saturated heterocycles. The van der Waals surface area contributed by atoms with Crippen molar-refractivity contribution in [2.45, 2.75) is 26.4 Å². The van der Waals surface area contributed by atoms with Gasteiger partial charge in [-0.05, 0) is 33.0 Å². The van der Waals surface area contributed by atoms with Crippen molar-refractivity contribution in [3.8, 4) is 0 Å². The first-order valence-corrected chi connectivity index (χ1v) is 7.05. The molecule has 0 amide bonds. The maximum atomic E-state index is 5.23. The number of ether oxygens (including phenoxy) is 1. The van der Waals surface area contributed by atoms with Gasteiger partial charge in [0.05, 0.1) is 12.3 Å². The zero-order valence-electron chi connectivity index (χ0n) is 12.8. The number of methoxy groups -OCH3 is 1. The normalized spacial score (nSPS) is 11.4. The lowest BCUT2D eigenvalue weighted by atomic mass is 10.3. The Labute approximate surface area is 120 Å². The van der Waals surface area contributed by atoms with E-state index in [1.54, 1.807) is 7.11 Å². The molecule has 0 saturated carbocycles. The Morgan fingerprint density at radius 2 is 2.20 bits per heavy atom. The minimum absolute atomic E-state index is 0.380. The number of rotatable bonds is 7. The third-order valence-corrected chi connectivity index (χ3v) is 3.38. The first-order chi connectivity index (χ1) is 9.69. The Bertz CT molecular complexity index is 550. The summed E-state index contributed by atoms with van der Waals surface area (Å²) in [4.78, 5) is 7.09. The molecular formula is C15H24N4O. The number of anilines is 1. The molecule has 0 aliphatic rings. The van der Waals surface area contributed by atoms with Gasteiger partial charge in [-0.15, -0.1) is 0 Å². The molecule has 0 spiro atoms. The quantitative estimate of drug-likeness (QED) is 0.839.